The van der Waals surface area contributed by atoms with Gasteiger partial charge in [0.25, 0.3) is 5.66 Å². The Balaban J connectivity index is 0. The van der Waals surface area contributed by atoms with E-state index in [0.717, 1.165) is 0 Å². The van der Waals surface area contributed by atoms with E-state index in [1.165, 1.54) is 0 Å². The topological polar surface area (TPSA) is 105 Å². The van der Waals surface area contributed by atoms with Crippen LogP contribution in [0.4, 0.5) is 0 Å². The van der Waals surface area contributed by atoms with Crippen molar-refractivity contribution in [2.24, 2.45) is 10.2 Å². The molecule has 48 valence electrons. The number of carbonyl (C=O) groups excluding carboxylic acids is 2. The van der Waals surface area contributed by atoms with Crippen molar-refractivity contribution >= 4 is 11.9 Å². The number of aliphatic carboxylic acids is 2. The predicted molar refractivity (Wildman–Crippen MR) is 17.6 cm³/mol. The molecule has 0 amide bonds. The molecule has 0 radical (unpaired) electrons. The number of carboxylic acids is 2. The number of rotatable bonds is 2. The van der Waals surface area contributed by atoms with Gasteiger partial charge in [-0.1, -0.05) is 0 Å². The van der Waals surface area contributed by atoms with Crippen molar-refractivity contribution in [3.05, 3.63) is 0 Å². The van der Waals surface area contributed by atoms with Gasteiger partial charge in [0.15, 0.2) is 0 Å². The minimum Gasteiger partial charge on any atom is -0.545 e. The fraction of sp³-hybridized carbons (Fsp3) is 0.333. The van der Waals surface area contributed by atoms with Crippen LogP contribution in [0.15, 0.2) is 10.2 Å². The van der Waals surface area contributed by atoms with Crippen molar-refractivity contribution in [2.75, 3.05) is 0 Å². The third-order valence-corrected chi connectivity index (χ3v) is 0.869. The van der Waals surface area contributed by atoms with Crippen LogP contribution in [0.5, 0.6) is 0 Å². The quantitative estimate of drug-likeness (QED) is 0.330. The van der Waals surface area contributed by atoms with Crippen molar-refractivity contribution in [3.8, 4) is 0 Å². The molecule has 0 aromatic heterocycles. The molecule has 0 unspecified atom stereocenters. The summed E-state index contributed by atoms with van der Waals surface area (Å²) in [5, 5.41) is 25.1. The molecular weight excluding hydrogens is 206 g/mol. The number of carbonyl (C=O) groups is 2. The molecular formula is C3K2N2O4. The van der Waals surface area contributed by atoms with Crippen LogP contribution < -0.4 is 113 Å². The predicted octanol–water partition coefficient (Wildman–Crippen LogP) is -9.34. The molecule has 0 aromatic carbocycles. The summed E-state index contributed by atoms with van der Waals surface area (Å²) < 4.78 is 0. The first-order valence-electron chi connectivity index (χ1n) is 1.96. The summed E-state index contributed by atoms with van der Waals surface area (Å²) >= 11 is 0. The van der Waals surface area contributed by atoms with E-state index in [2.05, 4.69) is 10.2 Å². The van der Waals surface area contributed by atoms with Crippen molar-refractivity contribution in [1.82, 2.24) is 0 Å². The van der Waals surface area contributed by atoms with Crippen LogP contribution in [0.1, 0.15) is 0 Å². The molecule has 6 nitrogen and oxygen atoms in total. The number of hydrogen-bond acceptors (Lipinski definition) is 6. The maximum atomic E-state index is 9.81. The number of nitrogens with zero attached hydrogens (tertiary/aromatic N) is 2. The molecule has 1 heterocycles. The molecule has 0 bridgehead atoms. The van der Waals surface area contributed by atoms with E-state index in [9.17, 15) is 19.8 Å². The Kier molecular flexibility index (Phi) is 7.68. The Morgan fingerprint density at radius 3 is 1.27 bits per heavy atom. The Morgan fingerprint density at radius 1 is 1.00 bits per heavy atom. The number of carboxylic acid groups (broad SMARTS) is 2. The minimum atomic E-state index is -2.39. The summed E-state index contributed by atoms with van der Waals surface area (Å²) in [5.74, 6) is -3.72. The van der Waals surface area contributed by atoms with Crippen LogP contribution in [-0.2, 0) is 9.59 Å². The molecule has 0 fully saturated rings. The maximum absolute atomic E-state index is 9.81. The van der Waals surface area contributed by atoms with Crippen molar-refractivity contribution in [2.45, 2.75) is 5.66 Å². The number of hydrogen-bond donors (Lipinski definition) is 0. The van der Waals surface area contributed by atoms with E-state index < -0.39 is 17.6 Å². The Labute approximate surface area is 147 Å². The first-order chi connectivity index (χ1) is 4.09. The van der Waals surface area contributed by atoms with Crippen molar-refractivity contribution < 1.29 is 123 Å². The molecule has 1 aliphatic rings. The largest absolute Gasteiger partial charge is 1.00 e. The Hall–Kier alpha value is 1.81. The summed E-state index contributed by atoms with van der Waals surface area (Å²) in [4.78, 5) is 19.6. The second-order valence-electron chi connectivity index (χ2n) is 1.45. The molecule has 0 aliphatic carbocycles. The zero-order chi connectivity index (χ0) is 7.07. The monoisotopic (exact) mass is 206 g/mol. The van der Waals surface area contributed by atoms with Gasteiger partial charge in [-0.05, 0) is 0 Å². The van der Waals surface area contributed by atoms with Gasteiger partial charge in [-0.3, -0.25) is 0 Å². The van der Waals surface area contributed by atoms with Gasteiger partial charge in [-0.25, -0.2) is 0 Å². The SMILES string of the molecule is O=C([O-])C1(C(=O)[O-])N=N1.[K+].[K+]. The zero-order valence-electron chi connectivity index (χ0n) is 6.03. The van der Waals surface area contributed by atoms with Crippen molar-refractivity contribution in [1.29, 1.82) is 0 Å². The zero-order valence-corrected chi connectivity index (χ0v) is 12.3. The van der Waals surface area contributed by atoms with Gasteiger partial charge in [0.05, 0.1) is 0 Å². The van der Waals surface area contributed by atoms with Gasteiger partial charge in [-0.15, -0.1) is 10.2 Å². The second kappa shape index (κ2) is 5.52. The third kappa shape index (κ3) is 3.21. The molecule has 0 saturated carbocycles. The van der Waals surface area contributed by atoms with Crippen LogP contribution >= 0.6 is 0 Å². The van der Waals surface area contributed by atoms with E-state index >= 15 is 0 Å². The summed E-state index contributed by atoms with van der Waals surface area (Å²) in [6.07, 6.45) is 0. The summed E-state index contributed by atoms with van der Waals surface area (Å²) in [7, 11) is 0. The molecule has 0 atom stereocenters. The van der Waals surface area contributed by atoms with E-state index in [0.29, 0.717) is 0 Å². The average Bonchev–Trinajstić information content (AvgIpc) is 2.40. The summed E-state index contributed by atoms with van der Waals surface area (Å²) in [6, 6.07) is 0. The fourth-order valence-corrected chi connectivity index (χ4v) is 0.297. The van der Waals surface area contributed by atoms with Crippen LogP contribution in [0.2, 0.25) is 0 Å². The molecule has 0 spiro atoms. The molecule has 0 N–H and O–H groups in total. The second-order valence-corrected chi connectivity index (χ2v) is 1.45. The van der Waals surface area contributed by atoms with Crippen LogP contribution in [0, 0.1) is 0 Å². The Morgan fingerprint density at radius 2 is 1.27 bits per heavy atom. The molecule has 8 heteroatoms. The third-order valence-electron chi connectivity index (χ3n) is 0.869. The molecule has 11 heavy (non-hydrogen) atoms. The van der Waals surface area contributed by atoms with Gasteiger partial charge in [-0.2, -0.15) is 0 Å². The minimum absolute atomic E-state index is 0. The van der Waals surface area contributed by atoms with Gasteiger partial charge < -0.3 is 19.8 Å². The van der Waals surface area contributed by atoms with E-state index in [4.69, 9.17) is 0 Å². The van der Waals surface area contributed by atoms with Crippen molar-refractivity contribution in [3.63, 3.8) is 0 Å². The first-order valence-corrected chi connectivity index (χ1v) is 1.96. The average molecular weight is 206 g/mol. The molecule has 1 rings (SSSR count). The summed E-state index contributed by atoms with van der Waals surface area (Å²) in [6.45, 7) is 0. The molecule has 0 aromatic rings. The normalized spacial score (nSPS) is 15.6. The van der Waals surface area contributed by atoms with Crippen LogP contribution in [0.25, 0.3) is 0 Å². The van der Waals surface area contributed by atoms with Crippen LogP contribution in [0.3, 0.4) is 0 Å². The van der Waals surface area contributed by atoms with Gasteiger partial charge >= 0.3 is 103 Å². The van der Waals surface area contributed by atoms with Gasteiger partial charge in [0.1, 0.15) is 11.9 Å². The molecule has 0 saturated heterocycles. The maximum Gasteiger partial charge on any atom is 1.00 e. The molecule has 1 aliphatic heterocycles. The Bertz CT molecular complexity index is 193. The smallest absolute Gasteiger partial charge is 0.545 e. The standard InChI is InChI=1S/C3H2N2O4.2K/c6-1(7)3(2(8)9)4-5-3;;/h(H,6,7)(H,8,9);;/q;2*+1/p-2. The first kappa shape index (κ1) is 15.3. The summed E-state index contributed by atoms with van der Waals surface area (Å²) in [5.41, 5.74) is -2.39. The van der Waals surface area contributed by atoms with E-state index in [1.54, 1.807) is 0 Å². The van der Waals surface area contributed by atoms with Gasteiger partial charge in [0.2, 0.25) is 0 Å². The van der Waals surface area contributed by atoms with E-state index in [-0.39, 0.29) is 103 Å². The van der Waals surface area contributed by atoms with E-state index in [1.807, 2.05) is 0 Å². The fourth-order valence-electron chi connectivity index (χ4n) is 0.297. The van der Waals surface area contributed by atoms with Crippen LogP contribution in [-0.4, -0.2) is 17.6 Å². The van der Waals surface area contributed by atoms with Gasteiger partial charge in [0, 0.05) is 0 Å².